The number of benzene rings is 13. The molecule has 0 unspecified atom stereocenters. The van der Waals surface area contributed by atoms with E-state index in [1.54, 1.807) is 0 Å². The fourth-order valence-corrected chi connectivity index (χ4v) is 11.4. The van der Waals surface area contributed by atoms with Gasteiger partial charge >= 0.3 is 0 Å². The van der Waals surface area contributed by atoms with Crippen LogP contribution < -0.4 is 29.1 Å². The monoisotopic (exact) mass is 1100 g/mol. The van der Waals surface area contributed by atoms with E-state index in [0.717, 1.165) is 107 Å². The highest BCUT2D eigenvalue weighted by molar-refractivity contribution is 6.11. The molecule has 7 nitrogen and oxygen atoms in total. The van der Waals surface area contributed by atoms with Gasteiger partial charge < -0.3 is 33.6 Å². The van der Waals surface area contributed by atoms with Crippen molar-refractivity contribution in [3.05, 3.63) is 346 Å². The summed E-state index contributed by atoms with van der Waals surface area (Å²) in [5.41, 5.74) is 14.9. The van der Waals surface area contributed by atoms with Crippen LogP contribution >= 0.6 is 0 Å². The van der Waals surface area contributed by atoms with E-state index in [1.165, 1.54) is 0 Å². The van der Waals surface area contributed by atoms with E-state index in [4.69, 9.17) is 9.47 Å². The molecule has 0 radical (unpaired) electrons. The molecular formula is C78H57N5O2. The fraction of sp³-hybridized carbons (Fsp3) is 0. The number of anilines is 12. The largest absolute Gasteiger partial charge is 0.457 e. The summed E-state index contributed by atoms with van der Waals surface area (Å²) in [6.45, 7) is 0. The Kier molecular flexibility index (Phi) is 14.3. The number of hydrogen-bond acceptors (Lipinski definition) is 6. The summed E-state index contributed by atoms with van der Waals surface area (Å²) < 4.78 is 16.0. The minimum Gasteiger partial charge on any atom is -0.457 e. The van der Waals surface area contributed by atoms with Crippen molar-refractivity contribution < 1.29 is 9.47 Å². The van der Waals surface area contributed by atoms with Gasteiger partial charge in [-0.3, -0.25) is 0 Å². The van der Waals surface area contributed by atoms with Crippen molar-refractivity contribution in [3.8, 4) is 28.7 Å². The van der Waals surface area contributed by atoms with Crippen molar-refractivity contribution in [2.24, 2.45) is 0 Å². The molecule has 0 amide bonds. The summed E-state index contributed by atoms with van der Waals surface area (Å²) >= 11 is 0. The van der Waals surface area contributed by atoms with Gasteiger partial charge in [-0.15, -0.1) is 0 Å². The number of para-hydroxylation sites is 9. The Bertz CT molecular complexity index is 4170. The molecule has 85 heavy (non-hydrogen) atoms. The van der Waals surface area contributed by atoms with Gasteiger partial charge in [0, 0.05) is 86.2 Å². The topological polar surface area (TPSA) is 36.4 Å². The maximum absolute atomic E-state index is 6.81. The second-order valence-corrected chi connectivity index (χ2v) is 20.6. The summed E-state index contributed by atoms with van der Waals surface area (Å²) in [5.74, 6) is 2.89. The fourth-order valence-electron chi connectivity index (χ4n) is 11.4. The van der Waals surface area contributed by atoms with Crippen LogP contribution in [-0.4, -0.2) is 4.57 Å². The summed E-state index contributed by atoms with van der Waals surface area (Å²) in [5, 5.41) is 2.24. The van der Waals surface area contributed by atoms with Crippen molar-refractivity contribution >= 4 is 90.1 Å². The lowest BCUT2D eigenvalue weighted by molar-refractivity contribution is 0.482. The van der Waals surface area contributed by atoms with Crippen LogP contribution in [0, 0.1) is 0 Å². The standard InChI is InChI=1S/C78H57N5O2/c1-10-28-58(29-11-1)79(59-30-12-2-13-31-59)67-50-69(54-73(52-67)84-71-42-24-8-25-43-71)81(62-36-18-5-19-37-62)65-46-48-75-76-49-47-66(57-78(76)83(77(75)56-65)64-40-22-7-23-41-64)82(63-38-20-6-21-39-63)70-51-68(53-74(55-70)85-72-44-26-9-27-45-72)80(60-32-14-3-15-33-60)61-34-16-4-17-35-61/h1-57H. The molecule has 0 N–H and O–H groups in total. The first-order valence-corrected chi connectivity index (χ1v) is 28.6. The molecule has 0 fully saturated rings. The zero-order valence-corrected chi connectivity index (χ0v) is 46.5. The third-order valence-electron chi connectivity index (χ3n) is 15.1. The van der Waals surface area contributed by atoms with Gasteiger partial charge in [0.2, 0.25) is 0 Å². The van der Waals surface area contributed by atoms with Crippen LogP contribution in [0.15, 0.2) is 346 Å². The first-order chi connectivity index (χ1) is 42.1. The number of fused-ring (bicyclic) bond motifs is 3. The Morgan fingerprint density at radius 2 is 0.435 bits per heavy atom. The van der Waals surface area contributed by atoms with E-state index in [1.807, 2.05) is 60.7 Å². The van der Waals surface area contributed by atoms with Gasteiger partial charge in [-0.25, -0.2) is 0 Å². The second-order valence-electron chi connectivity index (χ2n) is 20.6. The highest BCUT2D eigenvalue weighted by Crippen LogP contribution is 2.48. The zero-order chi connectivity index (χ0) is 56.7. The van der Waals surface area contributed by atoms with E-state index >= 15 is 0 Å². The predicted molar refractivity (Wildman–Crippen MR) is 353 cm³/mol. The van der Waals surface area contributed by atoms with Crippen LogP contribution in [0.3, 0.4) is 0 Å². The van der Waals surface area contributed by atoms with Crippen molar-refractivity contribution in [1.29, 1.82) is 0 Å². The molecule has 1 aromatic heterocycles. The Morgan fingerprint density at radius 1 is 0.188 bits per heavy atom. The normalized spacial score (nSPS) is 11.1. The number of ether oxygens (including phenoxy) is 2. The molecule has 7 heteroatoms. The zero-order valence-electron chi connectivity index (χ0n) is 46.5. The minimum absolute atomic E-state index is 0.698. The van der Waals surface area contributed by atoms with E-state index in [-0.39, 0.29) is 0 Å². The molecule has 0 spiro atoms. The molecule has 0 saturated carbocycles. The summed E-state index contributed by atoms with van der Waals surface area (Å²) in [4.78, 5) is 9.24. The highest BCUT2D eigenvalue weighted by atomic mass is 16.5. The molecule has 1 heterocycles. The Labute approximate surface area is 495 Å². The third-order valence-corrected chi connectivity index (χ3v) is 15.1. The first-order valence-electron chi connectivity index (χ1n) is 28.6. The number of nitrogens with zero attached hydrogens (tertiary/aromatic N) is 5. The molecule has 406 valence electrons. The number of hydrogen-bond donors (Lipinski definition) is 0. The van der Waals surface area contributed by atoms with Crippen LogP contribution in [0.25, 0.3) is 27.5 Å². The molecule has 0 aliphatic carbocycles. The van der Waals surface area contributed by atoms with Crippen LogP contribution in [0.5, 0.6) is 23.0 Å². The minimum atomic E-state index is 0.698. The Hall–Kier alpha value is -11.5. The Balaban J connectivity index is 0.966. The van der Waals surface area contributed by atoms with Crippen molar-refractivity contribution in [3.63, 3.8) is 0 Å². The van der Waals surface area contributed by atoms with E-state index in [2.05, 4.69) is 309 Å². The van der Waals surface area contributed by atoms with Crippen LogP contribution in [0.4, 0.5) is 68.2 Å². The molecule has 0 atom stereocenters. The quantitative estimate of drug-likeness (QED) is 0.0904. The number of aromatic nitrogens is 1. The SMILES string of the molecule is c1ccc(Oc2cc(N(c3ccccc3)c3ccccc3)cc(N(c3ccccc3)c3ccc4c5ccc(N(c6ccccc6)c6cc(Oc7ccccc7)cc(N(c7ccccc7)c7ccccc7)c6)cc5n(-c5ccccc5)c4c3)c2)cc1. The van der Waals surface area contributed by atoms with E-state index in [9.17, 15) is 0 Å². The van der Waals surface area contributed by atoms with Crippen LogP contribution in [-0.2, 0) is 0 Å². The summed E-state index contributed by atoms with van der Waals surface area (Å²) in [6, 6.07) is 121. The average Bonchev–Trinajstić information content (AvgIpc) is 2.11. The predicted octanol–water partition coefficient (Wildman–Crippen LogP) is 22.2. The second kappa shape index (κ2) is 23.5. The lowest BCUT2D eigenvalue weighted by atomic mass is 10.1. The molecule has 0 saturated heterocycles. The highest BCUT2D eigenvalue weighted by Gasteiger charge is 2.24. The van der Waals surface area contributed by atoms with Gasteiger partial charge in [0.05, 0.1) is 33.8 Å². The van der Waals surface area contributed by atoms with Gasteiger partial charge in [0.15, 0.2) is 0 Å². The molecule has 14 aromatic rings. The van der Waals surface area contributed by atoms with E-state index in [0.29, 0.717) is 11.5 Å². The molecule has 0 bridgehead atoms. The third kappa shape index (κ3) is 10.8. The van der Waals surface area contributed by atoms with E-state index < -0.39 is 0 Å². The maximum atomic E-state index is 6.81. The molecular weight excluding hydrogens is 1040 g/mol. The summed E-state index contributed by atoms with van der Waals surface area (Å²) in [7, 11) is 0. The number of rotatable bonds is 17. The molecule has 13 aromatic carbocycles. The maximum Gasteiger partial charge on any atom is 0.131 e. The van der Waals surface area contributed by atoms with Crippen LogP contribution in [0.2, 0.25) is 0 Å². The van der Waals surface area contributed by atoms with Crippen LogP contribution in [0.1, 0.15) is 0 Å². The van der Waals surface area contributed by atoms with Crippen molar-refractivity contribution in [2.75, 3.05) is 19.6 Å². The molecule has 0 aliphatic heterocycles. The summed E-state index contributed by atoms with van der Waals surface area (Å²) in [6.07, 6.45) is 0. The van der Waals surface area contributed by atoms with Crippen molar-refractivity contribution in [2.45, 2.75) is 0 Å². The van der Waals surface area contributed by atoms with Gasteiger partial charge in [-0.1, -0.05) is 176 Å². The van der Waals surface area contributed by atoms with Gasteiger partial charge in [-0.05, 0) is 146 Å². The van der Waals surface area contributed by atoms with Gasteiger partial charge in [-0.2, -0.15) is 0 Å². The van der Waals surface area contributed by atoms with Gasteiger partial charge in [0.1, 0.15) is 23.0 Å². The molecule has 0 aliphatic rings. The Morgan fingerprint density at radius 3 is 0.718 bits per heavy atom. The lowest BCUT2D eigenvalue weighted by Gasteiger charge is -2.30. The smallest absolute Gasteiger partial charge is 0.131 e. The first kappa shape index (κ1) is 51.6. The van der Waals surface area contributed by atoms with Gasteiger partial charge in [0.25, 0.3) is 0 Å². The molecule has 14 rings (SSSR count). The average molecular weight is 1100 g/mol. The van der Waals surface area contributed by atoms with Crippen molar-refractivity contribution in [1.82, 2.24) is 4.57 Å². The lowest BCUT2D eigenvalue weighted by Crippen LogP contribution is -2.13.